The van der Waals surface area contributed by atoms with Gasteiger partial charge in [-0.25, -0.2) is 0 Å². The van der Waals surface area contributed by atoms with Crippen LogP contribution in [0.4, 0.5) is 0 Å². The normalized spacial score (nSPS) is 12.1. The Hall–Kier alpha value is -1.69. The quantitative estimate of drug-likeness (QED) is 0.938. The van der Waals surface area contributed by atoms with Gasteiger partial charge in [0.15, 0.2) is 0 Å². The zero-order valence-electron chi connectivity index (χ0n) is 9.88. The van der Waals surface area contributed by atoms with Crippen LogP contribution in [-0.2, 0) is 6.54 Å². The molecule has 2 aromatic rings. The van der Waals surface area contributed by atoms with Gasteiger partial charge in [-0.05, 0) is 35.0 Å². The second kappa shape index (κ2) is 5.77. The SMILES string of the molecule is C[C@H](Cn1cccn1)NC(=O)c1cncc(Br)c1. The van der Waals surface area contributed by atoms with Crippen molar-refractivity contribution in [1.29, 1.82) is 0 Å². The largest absolute Gasteiger partial charge is 0.348 e. The lowest BCUT2D eigenvalue weighted by molar-refractivity contribution is 0.0935. The van der Waals surface area contributed by atoms with E-state index in [4.69, 9.17) is 0 Å². The first-order valence-electron chi connectivity index (χ1n) is 5.54. The van der Waals surface area contributed by atoms with Crippen LogP contribution in [0, 0.1) is 0 Å². The zero-order chi connectivity index (χ0) is 13.0. The molecule has 0 saturated heterocycles. The average molecular weight is 309 g/mol. The molecule has 1 amide bonds. The number of hydrogen-bond acceptors (Lipinski definition) is 3. The van der Waals surface area contributed by atoms with Crippen LogP contribution in [0.2, 0.25) is 0 Å². The number of halogens is 1. The van der Waals surface area contributed by atoms with Gasteiger partial charge in [0.2, 0.25) is 0 Å². The van der Waals surface area contributed by atoms with Crippen molar-refractivity contribution in [2.75, 3.05) is 0 Å². The monoisotopic (exact) mass is 308 g/mol. The molecule has 0 aromatic carbocycles. The third-order valence-electron chi connectivity index (χ3n) is 2.36. The molecule has 2 aromatic heterocycles. The molecule has 0 bridgehead atoms. The average Bonchev–Trinajstić information content (AvgIpc) is 2.81. The predicted octanol–water partition coefficient (Wildman–Crippen LogP) is 1.86. The molecular formula is C12H13BrN4O. The minimum atomic E-state index is -0.136. The molecule has 0 fully saturated rings. The fourth-order valence-electron chi connectivity index (χ4n) is 1.58. The summed E-state index contributed by atoms with van der Waals surface area (Å²) in [6.07, 6.45) is 6.76. The number of pyridine rings is 1. The van der Waals surface area contributed by atoms with Gasteiger partial charge in [0.05, 0.1) is 12.1 Å². The van der Waals surface area contributed by atoms with E-state index in [1.807, 2.05) is 19.2 Å². The number of hydrogen-bond donors (Lipinski definition) is 1. The topological polar surface area (TPSA) is 59.8 Å². The van der Waals surface area contributed by atoms with E-state index in [0.717, 1.165) is 4.47 Å². The minimum absolute atomic E-state index is 0.00335. The van der Waals surface area contributed by atoms with E-state index < -0.39 is 0 Å². The first-order chi connectivity index (χ1) is 8.65. The molecule has 6 heteroatoms. The van der Waals surface area contributed by atoms with Crippen molar-refractivity contribution in [3.63, 3.8) is 0 Å². The van der Waals surface area contributed by atoms with Crippen LogP contribution < -0.4 is 5.32 Å². The maximum absolute atomic E-state index is 11.9. The van der Waals surface area contributed by atoms with Gasteiger partial charge in [-0.1, -0.05) is 0 Å². The van der Waals surface area contributed by atoms with Crippen molar-refractivity contribution in [2.24, 2.45) is 0 Å². The fraction of sp³-hybridized carbons (Fsp3) is 0.250. The van der Waals surface area contributed by atoms with Crippen LogP contribution in [0.1, 0.15) is 17.3 Å². The first-order valence-corrected chi connectivity index (χ1v) is 6.33. The number of carbonyl (C=O) groups excluding carboxylic acids is 1. The highest BCUT2D eigenvalue weighted by molar-refractivity contribution is 9.10. The van der Waals surface area contributed by atoms with Crippen molar-refractivity contribution in [2.45, 2.75) is 19.5 Å². The molecule has 0 radical (unpaired) electrons. The Bertz CT molecular complexity index is 527. The molecule has 18 heavy (non-hydrogen) atoms. The third kappa shape index (κ3) is 3.40. The summed E-state index contributed by atoms with van der Waals surface area (Å²) in [6.45, 7) is 2.57. The van der Waals surface area contributed by atoms with Crippen LogP contribution in [0.15, 0.2) is 41.4 Å². The van der Waals surface area contributed by atoms with Gasteiger partial charge in [-0.3, -0.25) is 14.5 Å². The van der Waals surface area contributed by atoms with Gasteiger partial charge in [-0.2, -0.15) is 5.10 Å². The van der Waals surface area contributed by atoms with Gasteiger partial charge in [-0.15, -0.1) is 0 Å². The Balaban J connectivity index is 1.95. The Morgan fingerprint density at radius 2 is 2.39 bits per heavy atom. The van der Waals surface area contributed by atoms with E-state index in [-0.39, 0.29) is 11.9 Å². The highest BCUT2D eigenvalue weighted by Gasteiger charge is 2.10. The summed E-state index contributed by atoms with van der Waals surface area (Å²) in [6, 6.07) is 3.59. The summed E-state index contributed by atoms with van der Waals surface area (Å²) in [5.74, 6) is -0.136. The minimum Gasteiger partial charge on any atom is -0.348 e. The van der Waals surface area contributed by atoms with Gasteiger partial charge in [0.25, 0.3) is 5.91 Å². The van der Waals surface area contributed by atoms with Crippen LogP contribution in [-0.4, -0.2) is 26.7 Å². The standard InChI is InChI=1S/C12H13BrN4O/c1-9(8-17-4-2-3-15-17)16-12(18)10-5-11(13)7-14-6-10/h2-7,9H,8H2,1H3,(H,16,18)/t9-/m1/s1. The summed E-state index contributed by atoms with van der Waals surface area (Å²) in [5, 5.41) is 7.00. The van der Waals surface area contributed by atoms with Crippen molar-refractivity contribution >= 4 is 21.8 Å². The van der Waals surface area contributed by atoms with E-state index in [0.29, 0.717) is 12.1 Å². The van der Waals surface area contributed by atoms with E-state index in [1.54, 1.807) is 29.3 Å². The Labute approximate surface area is 113 Å². The molecule has 0 aliphatic carbocycles. The third-order valence-corrected chi connectivity index (χ3v) is 2.80. The number of aromatic nitrogens is 3. The molecule has 0 spiro atoms. The van der Waals surface area contributed by atoms with E-state index >= 15 is 0 Å². The lowest BCUT2D eigenvalue weighted by Crippen LogP contribution is -2.35. The van der Waals surface area contributed by atoms with Crippen LogP contribution in [0.25, 0.3) is 0 Å². The molecule has 2 rings (SSSR count). The van der Waals surface area contributed by atoms with Crippen LogP contribution in [0.3, 0.4) is 0 Å². The van der Waals surface area contributed by atoms with Gasteiger partial charge < -0.3 is 5.32 Å². The van der Waals surface area contributed by atoms with Crippen LogP contribution in [0.5, 0.6) is 0 Å². The van der Waals surface area contributed by atoms with E-state index in [1.165, 1.54) is 0 Å². The molecule has 1 N–H and O–H groups in total. The maximum Gasteiger partial charge on any atom is 0.253 e. The molecule has 0 unspecified atom stereocenters. The van der Waals surface area contributed by atoms with Gasteiger partial charge in [0.1, 0.15) is 0 Å². The number of rotatable bonds is 4. The van der Waals surface area contributed by atoms with E-state index in [9.17, 15) is 4.79 Å². The zero-order valence-corrected chi connectivity index (χ0v) is 11.5. The highest BCUT2D eigenvalue weighted by Crippen LogP contribution is 2.09. The van der Waals surface area contributed by atoms with Crippen molar-refractivity contribution in [3.8, 4) is 0 Å². The number of amides is 1. The molecule has 0 saturated carbocycles. The molecule has 2 heterocycles. The maximum atomic E-state index is 11.9. The second-order valence-corrected chi connectivity index (χ2v) is 4.91. The van der Waals surface area contributed by atoms with Crippen molar-refractivity contribution in [3.05, 3.63) is 47.0 Å². The number of carbonyl (C=O) groups is 1. The Kier molecular flexibility index (Phi) is 4.09. The van der Waals surface area contributed by atoms with E-state index in [2.05, 4.69) is 31.3 Å². The predicted molar refractivity (Wildman–Crippen MR) is 71.1 cm³/mol. The molecule has 1 atom stereocenters. The molecule has 94 valence electrons. The second-order valence-electron chi connectivity index (χ2n) is 3.99. The fourth-order valence-corrected chi connectivity index (χ4v) is 1.94. The molecular weight excluding hydrogens is 296 g/mol. The summed E-state index contributed by atoms with van der Waals surface area (Å²) in [4.78, 5) is 15.9. The summed E-state index contributed by atoms with van der Waals surface area (Å²) in [7, 11) is 0. The molecule has 0 aliphatic heterocycles. The molecule has 5 nitrogen and oxygen atoms in total. The summed E-state index contributed by atoms with van der Waals surface area (Å²) < 4.78 is 2.57. The lowest BCUT2D eigenvalue weighted by Gasteiger charge is -2.13. The smallest absolute Gasteiger partial charge is 0.253 e. The van der Waals surface area contributed by atoms with Gasteiger partial charge >= 0.3 is 0 Å². The molecule has 0 aliphatic rings. The Morgan fingerprint density at radius 3 is 3.06 bits per heavy atom. The van der Waals surface area contributed by atoms with Crippen molar-refractivity contribution in [1.82, 2.24) is 20.1 Å². The highest BCUT2D eigenvalue weighted by atomic mass is 79.9. The lowest BCUT2D eigenvalue weighted by atomic mass is 10.2. The van der Waals surface area contributed by atoms with Gasteiger partial charge in [0, 0.05) is 35.3 Å². The Morgan fingerprint density at radius 1 is 1.56 bits per heavy atom. The van der Waals surface area contributed by atoms with Crippen LogP contribution >= 0.6 is 15.9 Å². The van der Waals surface area contributed by atoms with Crippen molar-refractivity contribution < 1.29 is 4.79 Å². The number of nitrogens with zero attached hydrogens (tertiary/aromatic N) is 3. The number of nitrogens with one attached hydrogen (secondary N) is 1. The summed E-state index contributed by atoms with van der Waals surface area (Å²) >= 11 is 3.29. The first kappa shape index (κ1) is 12.8. The summed E-state index contributed by atoms with van der Waals surface area (Å²) in [5.41, 5.74) is 0.539.